The maximum atomic E-state index is 13.1. The number of hydrogen-bond acceptors (Lipinski definition) is 7. The second kappa shape index (κ2) is 7.22. The van der Waals surface area contributed by atoms with Gasteiger partial charge in [0.1, 0.15) is 5.69 Å². The van der Waals surface area contributed by atoms with Crippen molar-refractivity contribution in [3.63, 3.8) is 0 Å². The van der Waals surface area contributed by atoms with Gasteiger partial charge in [0.2, 0.25) is 11.6 Å². The fourth-order valence-electron chi connectivity index (χ4n) is 3.33. The van der Waals surface area contributed by atoms with Crippen LogP contribution in [-0.4, -0.2) is 50.1 Å². The lowest BCUT2D eigenvalue weighted by atomic mass is 10.1. The Morgan fingerprint density at radius 3 is 2.93 bits per heavy atom. The van der Waals surface area contributed by atoms with E-state index in [9.17, 15) is 4.79 Å². The predicted molar refractivity (Wildman–Crippen MR) is 105 cm³/mol. The van der Waals surface area contributed by atoms with Crippen molar-refractivity contribution >= 4 is 29.2 Å². The SMILES string of the molecule is CCN(C(=O)c1cnc(C2=NOC3(CCSCC3)N2)n1C)c1cccnc1. The molecule has 0 unspecified atom stereocenters. The van der Waals surface area contributed by atoms with E-state index in [1.807, 2.05) is 37.9 Å². The maximum Gasteiger partial charge on any atom is 0.276 e. The summed E-state index contributed by atoms with van der Waals surface area (Å²) in [4.78, 5) is 29.0. The number of nitrogens with zero attached hydrogens (tertiary/aromatic N) is 5. The summed E-state index contributed by atoms with van der Waals surface area (Å²) in [6.07, 6.45) is 6.74. The number of imidazole rings is 1. The number of thioether (sulfide) groups is 1. The molecule has 8 nitrogen and oxygen atoms in total. The summed E-state index contributed by atoms with van der Waals surface area (Å²) in [6.45, 7) is 2.47. The summed E-state index contributed by atoms with van der Waals surface area (Å²) in [7, 11) is 1.82. The number of amidine groups is 1. The van der Waals surface area contributed by atoms with E-state index in [2.05, 4.69) is 20.4 Å². The number of nitrogens with one attached hydrogen (secondary N) is 1. The molecule has 9 heteroatoms. The summed E-state index contributed by atoms with van der Waals surface area (Å²) >= 11 is 1.92. The second-order valence-electron chi connectivity index (χ2n) is 6.55. The van der Waals surface area contributed by atoms with Crippen LogP contribution in [0.25, 0.3) is 0 Å². The van der Waals surface area contributed by atoms with Gasteiger partial charge in [0.25, 0.3) is 5.91 Å². The Hall–Kier alpha value is -2.55. The fraction of sp³-hybridized carbons (Fsp3) is 0.444. The Kier molecular flexibility index (Phi) is 4.77. The lowest BCUT2D eigenvalue weighted by Gasteiger charge is -2.30. The molecule has 0 aromatic carbocycles. The van der Waals surface area contributed by atoms with Crippen molar-refractivity contribution in [2.45, 2.75) is 25.5 Å². The first-order valence-corrected chi connectivity index (χ1v) is 10.1. The van der Waals surface area contributed by atoms with Crippen LogP contribution in [0.5, 0.6) is 0 Å². The van der Waals surface area contributed by atoms with E-state index in [1.165, 1.54) is 0 Å². The Labute approximate surface area is 162 Å². The van der Waals surface area contributed by atoms with Gasteiger partial charge >= 0.3 is 0 Å². The standard InChI is InChI=1S/C18H22N6O2S/c1-3-24(13-5-4-8-19-11-13)17(25)14-12-20-16(23(14)2)15-21-18(26-22-15)6-9-27-10-7-18/h4-5,8,11-12H,3,6-7,9-10H2,1-2H3,(H,21,22). The van der Waals surface area contributed by atoms with Crippen molar-refractivity contribution in [3.05, 3.63) is 42.2 Å². The minimum atomic E-state index is -0.429. The van der Waals surface area contributed by atoms with Gasteiger partial charge in [-0.15, -0.1) is 0 Å². The fourth-order valence-corrected chi connectivity index (χ4v) is 4.48. The number of carbonyl (C=O) groups excluding carboxylic acids is 1. The van der Waals surface area contributed by atoms with Gasteiger partial charge in [0, 0.05) is 32.6 Å². The van der Waals surface area contributed by atoms with Crippen LogP contribution >= 0.6 is 11.8 Å². The molecule has 0 saturated carbocycles. The van der Waals surface area contributed by atoms with Crippen molar-refractivity contribution in [2.24, 2.45) is 12.2 Å². The molecule has 142 valence electrons. The van der Waals surface area contributed by atoms with E-state index in [0.717, 1.165) is 30.0 Å². The van der Waals surface area contributed by atoms with Gasteiger partial charge in [0.05, 0.1) is 18.1 Å². The summed E-state index contributed by atoms with van der Waals surface area (Å²) in [5.74, 6) is 3.12. The van der Waals surface area contributed by atoms with Gasteiger partial charge in [0.15, 0.2) is 5.82 Å². The van der Waals surface area contributed by atoms with Gasteiger partial charge in [-0.1, -0.05) is 5.16 Å². The summed E-state index contributed by atoms with van der Waals surface area (Å²) in [5, 5.41) is 7.60. The highest BCUT2D eigenvalue weighted by atomic mass is 32.2. The van der Waals surface area contributed by atoms with Crippen LogP contribution in [0.2, 0.25) is 0 Å². The second-order valence-corrected chi connectivity index (χ2v) is 7.77. The van der Waals surface area contributed by atoms with Crippen LogP contribution in [0.15, 0.2) is 35.9 Å². The summed E-state index contributed by atoms with van der Waals surface area (Å²) in [5.41, 5.74) is 0.813. The molecule has 1 spiro atoms. The zero-order chi connectivity index (χ0) is 18.9. The lowest BCUT2D eigenvalue weighted by Crippen LogP contribution is -2.48. The van der Waals surface area contributed by atoms with Gasteiger partial charge in [-0.05, 0) is 30.6 Å². The average molecular weight is 386 g/mol. The zero-order valence-electron chi connectivity index (χ0n) is 15.4. The van der Waals surface area contributed by atoms with Crippen LogP contribution in [0.1, 0.15) is 36.1 Å². The van der Waals surface area contributed by atoms with Crippen LogP contribution in [0, 0.1) is 0 Å². The monoisotopic (exact) mass is 386 g/mol. The molecule has 1 fully saturated rings. The first-order valence-electron chi connectivity index (χ1n) is 8.99. The van der Waals surface area contributed by atoms with Gasteiger partial charge in [-0.2, -0.15) is 11.8 Å². The number of hydrogen-bond donors (Lipinski definition) is 1. The largest absolute Gasteiger partial charge is 0.365 e. The molecule has 0 radical (unpaired) electrons. The topological polar surface area (TPSA) is 84.6 Å². The minimum absolute atomic E-state index is 0.130. The molecule has 2 aromatic heterocycles. The van der Waals surface area contributed by atoms with Crippen molar-refractivity contribution in [1.29, 1.82) is 0 Å². The van der Waals surface area contributed by atoms with Crippen LogP contribution in [0.4, 0.5) is 5.69 Å². The van der Waals surface area contributed by atoms with Crippen molar-refractivity contribution in [1.82, 2.24) is 19.9 Å². The Morgan fingerprint density at radius 1 is 1.41 bits per heavy atom. The molecule has 2 aliphatic heterocycles. The van der Waals surface area contributed by atoms with E-state index in [4.69, 9.17) is 4.84 Å². The van der Waals surface area contributed by atoms with E-state index in [0.29, 0.717) is 23.9 Å². The van der Waals surface area contributed by atoms with E-state index < -0.39 is 5.72 Å². The third kappa shape index (κ3) is 3.27. The van der Waals surface area contributed by atoms with E-state index in [1.54, 1.807) is 28.1 Å². The Morgan fingerprint density at radius 2 is 2.22 bits per heavy atom. The highest BCUT2D eigenvalue weighted by molar-refractivity contribution is 7.99. The molecule has 4 heterocycles. The molecule has 2 aromatic rings. The Balaban J connectivity index is 1.56. The van der Waals surface area contributed by atoms with Crippen LogP contribution in [-0.2, 0) is 11.9 Å². The highest BCUT2D eigenvalue weighted by Crippen LogP contribution is 2.31. The molecule has 27 heavy (non-hydrogen) atoms. The number of pyridine rings is 1. The van der Waals surface area contributed by atoms with Crippen LogP contribution in [0.3, 0.4) is 0 Å². The number of anilines is 1. The van der Waals surface area contributed by atoms with Gasteiger partial charge in [-0.3, -0.25) is 9.78 Å². The number of amides is 1. The number of carbonyl (C=O) groups is 1. The molecular formula is C18H22N6O2S. The van der Waals surface area contributed by atoms with Gasteiger partial charge in [-0.25, -0.2) is 4.98 Å². The molecular weight excluding hydrogens is 364 g/mol. The number of oxime groups is 1. The summed E-state index contributed by atoms with van der Waals surface area (Å²) in [6, 6.07) is 3.68. The Bertz CT molecular complexity index is 860. The molecule has 0 atom stereocenters. The number of rotatable bonds is 4. The molecule has 1 N–H and O–H groups in total. The maximum absolute atomic E-state index is 13.1. The number of aromatic nitrogens is 3. The van der Waals surface area contributed by atoms with Crippen LogP contribution < -0.4 is 10.2 Å². The van der Waals surface area contributed by atoms with Crippen molar-refractivity contribution in [3.8, 4) is 0 Å². The average Bonchev–Trinajstić information content (AvgIpc) is 3.27. The third-order valence-electron chi connectivity index (χ3n) is 4.90. The smallest absolute Gasteiger partial charge is 0.276 e. The molecule has 4 rings (SSSR count). The first kappa shape index (κ1) is 17.8. The molecule has 2 aliphatic rings. The van der Waals surface area contributed by atoms with Crippen molar-refractivity contribution in [2.75, 3.05) is 23.0 Å². The molecule has 1 saturated heterocycles. The van der Waals surface area contributed by atoms with E-state index >= 15 is 0 Å². The minimum Gasteiger partial charge on any atom is -0.365 e. The zero-order valence-corrected chi connectivity index (χ0v) is 16.2. The normalized spacial score (nSPS) is 17.9. The van der Waals surface area contributed by atoms with E-state index in [-0.39, 0.29) is 5.91 Å². The molecule has 0 bridgehead atoms. The van der Waals surface area contributed by atoms with Crippen molar-refractivity contribution < 1.29 is 9.63 Å². The van der Waals surface area contributed by atoms with Gasteiger partial charge < -0.3 is 19.6 Å². The first-order chi connectivity index (χ1) is 13.1. The lowest BCUT2D eigenvalue weighted by molar-refractivity contribution is -0.0394. The quantitative estimate of drug-likeness (QED) is 0.865. The summed E-state index contributed by atoms with van der Waals surface area (Å²) < 4.78 is 1.76. The highest BCUT2D eigenvalue weighted by Gasteiger charge is 2.41. The predicted octanol–water partition coefficient (Wildman–Crippen LogP) is 1.99. The third-order valence-corrected chi connectivity index (χ3v) is 5.88. The molecule has 1 amide bonds. The molecule has 0 aliphatic carbocycles.